The van der Waals surface area contributed by atoms with Crippen molar-refractivity contribution in [1.82, 2.24) is 4.98 Å². The van der Waals surface area contributed by atoms with Gasteiger partial charge in [-0.15, -0.1) is 0 Å². The van der Waals surface area contributed by atoms with Gasteiger partial charge in [0.1, 0.15) is 5.52 Å². The lowest BCUT2D eigenvalue weighted by Crippen LogP contribution is -2.12. The second kappa shape index (κ2) is 3.30. The van der Waals surface area contributed by atoms with Crippen molar-refractivity contribution in [1.29, 1.82) is 0 Å². The van der Waals surface area contributed by atoms with Crippen LogP contribution in [0.5, 0.6) is 0 Å². The summed E-state index contributed by atoms with van der Waals surface area (Å²) in [5.41, 5.74) is 1.08. The van der Waals surface area contributed by atoms with Crippen molar-refractivity contribution in [2.24, 2.45) is 5.14 Å². The quantitative estimate of drug-likeness (QED) is 0.750. The van der Waals surface area contributed by atoms with Gasteiger partial charge in [0.15, 0.2) is 5.58 Å². The Kier molecular flexibility index (Phi) is 2.22. The van der Waals surface area contributed by atoms with Gasteiger partial charge in [-0.1, -0.05) is 12.1 Å². The Balaban J connectivity index is 2.76. The predicted molar refractivity (Wildman–Crippen MR) is 51.3 cm³/mol. The fraction of sp³-hybridized carbons (Fsp3) is 0.125. The zero-order chi connectivity index (χ0) is 11.1. The van der Waals surface area contributed by atoms with Crippen LogP contribution in [0.2, 0.25) is 0 Å². The van der Waals surface area contributed by atoms with Crippen LogP contribution < -0.4 is 5.14 Å². The third kappa shape index (κ3) is 1.72. The lowest BCUT2D eigenvalue weighted by Gasteiger charge is -1.93. The highest BCUT2D eigenvalue weighted by molar-refractivity contribution is 7.88. The number of rotatable bonds is 2. The molecule has 0 atom stereocenters. The molecule has 2 aromatic rings. The minimum absolute atomic E-state index is 0.242. The molecule has 3 N–H and O–H groups in total. The van der Waals surface area contributed by atoms with E-state index in [1.807, 2.05) is 0 Å². The van der Waals surface area contributed by atoms with Gasteiger partial charge >= 0.3 is 5.22 Å². The summed E-state index contributed by atoms with van der Waals surface area (Å²) < 4.78 is 26.9. The summed E-state index contributed by atoms with van der Waals surface area (Å²) in [4.78, 5) is 3.72. The van der Waals surface area contributed by atoms with E-state index in [0.717, 1.165) is 0 Å². The second-order valence-corrected chi connectivity index (χ2v) is 4.39. The number of aromatic nitrogens is 1. The Morgan fingerprint density at radius 3 is 2.80 bits per heavy atom. The van der Waals surface area contributed by atoms with E-state index in [-0.39, 0.29) is 12.2 Å². The Bertz CT molecular complexity index is 602. The molecule has 80 valence electrons. The fourth-order valence-electron chi connectivity index (χ4n) is 1.23. The summed E-state index contributed by atoms with van der Waals surface area (Å²) in [6.45, 7) is -0.242. The normalized spacial score (nSPS) is 12.1. The van der Waals surface area contributed by atoms with Gasteiger partial charge in [0.2, 0.25) is 0 Å². The zero-order valence-electron chi connectivity index (χ0n) is 7.54. The number of fused-ring (bicyclic) bond motifs is 1. The monoisotopic (exact) mass is 228 g/mol. The van der Waals surface area contributed by atoms with Crippen LogP contribution in [0, 0.1) is 0 Å². The zero-order valence-corrected chi connectivity index (χ0v) is 8.36. The van der Waals surface area contributed by atoms with E-state index in [0.29, 0.717) is 11.1 Å². The molecule has 0 unspecified atom stereocenters. The van der Waals surface area contributed by atoms with Crippen molar-refractivity contribution in [3.05, 3.63) is 23.8 Å². The summed E-state index contributed by atoms with van der Waals surface area (Å²) in [5, 5.41) is 13.3. The molecule has 1 aromatic carbocycles. The van der Waals surface area contributed by atoms with Gasteiger partial charge in [0, 0.05) is 5.56 Å². The van der Waals surface area contributed by atoms with Crippen molar-refractivity contribution in [3.63, 3.8) is 0 Å². The molecule has 0 radical (unpaired) electrons. The van der Waals surface area contributed by atoms with Gasteiger partial charge in [-0.2, -0.15) is 4.98 Å². The van der Waals surface area contributed by atoms with Crippen LogP contribution in [0.15, 0.2) is 27.8 Å². The SMILES string of the molecule is NS(=O)(=O)c1nc2c(CO)cccc2o1. The first-order valence-electron chi connectivity index (χ1n) is 4.04. The van der Waals surface area contributed by atoms with E-state index in [1.165, 1.54) is 0 Å². The third-order valence-corrected chi connectivity index (χ3v) is 2.56. The summed E-state index contributed by atoms with van der Waals surface area (Å²) >= 11 is 0. The number of nitrogens with zero attached hydrogens (tertiary/aromatic N) is 1. The Morgan fingerprint density at radius 2 is 2.20 bits per heavy atom. The molecule has 0 saturated carbocycles. The topological polar surface area (TPSA) is 106 Å². The Morgan fingerprint density at radius 1 is 1.47 bits per heavy atom. The lowest BCUT2D eigenvalue weighted by atomic mass is 10.2. The summed E-state index contributed by atoms with van der Waals surface area (Å²) in [5.74, 6) is 0. The number of oxazole rings is 1. The van der Waals surface area contributed by atoms with Gasteiger partial charge in [-0.25, -0.2) is 13.6 Å². The van der Waals surface area contributed by atoms with Crippen LogP contribution in [-0.4, -0.2) is 18.5 Å². The maximum atomic E-state index is 11.0. The number of hydrogen-bond acceptors (Lipinski definition) is 5. The van der Waals surface area contributed by atoms with E-state index in [1.54, 1.807) is 18.2 Å². The number of sulfonamides is 1. The number of primary sulfonamides is 1. The largest absolute Gasteiger partial charge is 0.427 e. The van der Waals surface area contributed by atoms with E-state index in [4.69, 9.17) is 14.7 Å². The second-order valence-electron chi connectivity index (χ2n) is 2.95. The molecule has 2 rings (SSSR count). The van der Waals surface area contributed by atoms with E-state index < -0.39 is 15.2 Å². The highest BCUT2D eigenvalue weighted by Gasteiger charge is 2.17. The highest BCUT2D eigenvalue weighted by atomic mass is 32.2. The number of benzene rings is 1. The molecule has 1 heterocycles. The van der Waals surface area contributed by atoms with Crippen molar-refractivity contribution < 1.29 is 17.9 Å². The van der Waals surface area contributed by atoms with Gasteiger partial charge in [-0.3, -0.25) is 0 Å². The fourth-order valence-corrected chi connectivity index (χ4v) is 1.66. The number of aliphatic hydroxyl groups excluding tert-OH is 1. The first-order chi connectivity index (χ1) is 7.02. The average molecular weight is 228 g/mol. The molecule has 15 heavy (non-hydrogen) atoms. The van der Waals surface area contributed by atoms with Crippen LogP contribution >= 0.6 is 0 Å². The molecule has 0 aliphatic carbocycles. The molecule has 0 aliphatic rings. The minimum Gasteiger partial charge on any atom is -0.427 e. The molecule has 0 amide bonds. The molecule has 0 fully saturated rings. The van der Waals surface area contributed by atoms with Crippen molar-refractivity contribution in [2.75, 3.05) is 0 Å². The first kappa shape index (κ1) is 10.1. The van der Waals surface area contributed by atoms with Crippen molar-refractivity contribution in [2.45, 2.75) is 11.8 Å². The number of nitrogens with two attached hydrogens (primary N) is 1. The van der Waals surface area contributed by atoms with Gasteiger partial charge < -0.3 is 9.52 Å². The minimum atomic E-state index is -3.95. The molecule has 1 aromatic heterocycles. The highest BCUT2D eigenvalue weighted by Crippen LogP contribution is 2.21. The Labute approximate surface area is 85.4 Å². The standard InChI is InChI=1S/C8H8N2O4S/c9-15(12,13)8-10-7-5(4-11)2-1-3-6(7)14-8/h1-3,11H,4H2,(H2,9,12,13). The van der Waals surface area contributed by atoms with Crippen LogP contribution in [0.25, 0.3) is 11.1 Å². The lowest BCUT2D eigenvalue weighted by molar-refractivity contribution is 0.283. The molecule has 0 aliphatic heterocycles. The molecule has 0 bridgehead atoms. The molecule has 7 heteroatoms. The first-order valence-corrected chi connectivity index (χ1v) is 5.59. The average Bonchev–Trinajstić information content (AvgIpc) is 2.59. The van der Waals surface area contributed by atoms with Gasteiger partial charge in [0.05, 0.1) is 6.61 Å². The van der Waals surface area contributed by atoms with Crippen LogP contribution in [0.1, 0.15) is 5.56 Å². The Hall–Kier alpha value is -1.44. The van der Waals surface area contributed by atoms with E-state index in [2.05, 4.69) is 4.98 Å². The van der Waals surface area contributed by atoms with Gasteiger partial charge in [-0.05, 0) is 6.07 Å². The summed E-state index contributed by atoms with van der Waals surface area (Å²) in [6, 6.07) is 4.81. The third-order valence-electron chi connectivity index (χ3n) is 1.90. The summed E-state index contributed by atoms with van der Waals surface area (Å²) in [7, 11) is -3.95. The van der Waals surface area contributed by atoms with Crippen LogP contribution in [0.4, 0.5) is 0 Å². The molecule has 0 saturated heterocycles. The molecule has 6 nitrogen and oxygen atoms in total. The van der Waals surface area contributed by atoms with Crippen molar-refractivity contribution >= 4 is 21.1 Å². The van der Waals surface area contributed by atoms with Crippen LogP contribution in [0.3, 0.4) is 0 Å². The van der Waals surface area contributed by atoms with Crippen LogP contribution in [-0.2, 0) is 16.6 Å². The molecular formula is C8H8N2O4S. The maximum absolute atomic E-state index is 11.0. The van der Waals surface area contributed by atoms with Crippen molar-refractivity contribution in [3.8, 4) is 0 Å². The number of hydrogen-bond donors (Lipinski definition) is 2. The molecular weight excluding hydrogens is 220 g/mol. The van der Waals surface area contributed by atoms with Gasteiger partial charge in [0.25, 0.3) is 10.0 Å². The maximum Gasteiger partial charge on any atom is 0.331 e. The van der Waals surface area contributed by atoms with E-state index in [9.17, 15) is 8.42 Å². The molecule has 0 spiro atoms. The number of para-hydroxylation sites is 1. The predicted octanol–water partition coefficient (Wildman–Crippen LogP) is -0.0325. The number of aliphatic hydroxyl groups is 1. The van der Waals surface area contributed by atoms with E-state index >= 15 is 0 Å². The summed E-state index contributed by atoms with van der Waals surface area (Å²) in [6.07, 6.45) is 0. The smallest absolute Gasteiger partial charge is 0.331 e.